The van der Waals surface area contributed by atoms with E-state index in [1.54, 1.807) is 6.92 Å². The number of hydrogen-bond acceptors (Lipinski definition) is 5. The first-order valence-corrected chi connectivity index (χ1v) is 9.64. The molecule has 144 valence electrons. The van der Waals surface area contributed by atoms with Crippen molar-refractivity contribution < 1.29 is 9.59 Å². The van der Waals surface area contributed by atoms with Crippen LogP contribution in [0.15, 0.2) is 54.6 Å². The first-order valence-electron chi connectivity index (χ1n) is 8.82. The number of nitrogens with zero attached hydrogens (tertiary/aromatic N) is 2. The Morgan fingerprint density at radius 3 is 2.36 bits per heavy atom. The van der Waals surface area contributed by atoms with E-state index in [1.807, 2.05) is 73.6 Å². The number of carbonyl (C=O) groups is 2. The molecule has 0 radical (unpaired) electrons. The van der Waals surface area contributed by atoms with Gasteiger partial charge in [-0.15, -0.1) is 11.3 Å². The van der Waals surface area contributed by atoms with E-state index in [2.05, 4.69) is 15.6 Å². The summed E-state index contributed by atoms with van der Waals surface area (Å²) in [5, 5.41) is 6.23. The molecule has 0 aliphatic carbocycles. The minimum Gasteiger partial charge on any atom is -0.378 e. The van der Waals surface area contributed by atoms with Crippen LogP contribution in [0.3, 0.4) is 0 Å². The molecular formula is C21H22N4O2S. The quantitative estimate of drug-likeness (QED) is 0.670. The van der Waals surface area contributed by atoms with Crippen LogP contribution < -0.4 is 15.5 Å². The summed E-state index contributed by atoms with van der Waals surface area (Å²) < 4.78 is 0. The molecule has 2 aromatic carbocycles. The molecule has 0 aliphatic rings. The Hall–Kier alpha value is -3.19. The van der Waals surface area contributed by atoms with Gasteiger partial charge in [0, 0.05) is 31.0 Å². The summed E-state index contributed by atoms with van der Waals surface area (Å²) in [6.45, 7) is 1.69. The van der Waals surface area contributed by atoms with Crippen LogP contribution in [0.5, 0.6) is 0 Å². The van der Waals surface area contributed by atoms with E-state index in [-0.39, 0.29) is 18.4 Å². The smallest absolute Gasteiger partial charge is 0.263 e. The molecule has 2 amide bonds. The molecule has 0 saturated heterocycles. The fourth-order valence-corrected chi connectivity index (χ4v) is 3.59. The second-order valence-electron chi connectivity index (χ2n) is 6.47. The van der Waals surface area contributed by atoms with Gasteiger partial charge in [-0.05, 0) is 31.2 Å². The van der Waals surface area contributed by atoms with Gasteiger partial charge >= 0.3 is 0 Å². The summed E-state index contributed by atoms with van der Waals surface area (Å²) in [4.78, 5) is 31.6. The van der Waals surface area contributed by atoms with E-state index in [4.69, 9.17) is 0 Å². The lowest BCUT2D eigenvalue weighted by Crippen LogP contribution is -2.32. The summed E-state index contributed by atoms with van der Waals surface area (Å²) in [6.07, 6.45) is 0. The van der Waals surface area contributed by atoms with Gasteiger partial charge in [0.2, 0.25) is 5.91 Å². The van der Waals surface area contributed by atoms with E-state index in [1.165, 1.54) is 11.3 Å². The fraction of sp³-hybridized carbons (Fsp3) is 0.190. The monoisotopic (exact) mass is 394 g/mol. The van der Waals surface area contributed by atoms with Crippen LogP contribution in [0.25, 0.3) is 10.6 Å². The number of benzene rings is 2. The van der Waals surface area contributed by atoms with Gasteiger partial charge in [0.05, 0.1) is 12.2 Å². The molecule has 3 aromatic rings. The van der Waals surface area contributed by atoms with Gasteiger partial charge < -0.3 is 15.5 Å². The molecule has 2 N–H and O–H groups in total. The van der Waals surface area contributed by atoms with Crippen LogP contribution in [0.1, 0.15) is 15.4 Å². The number of rotatable bonds is 6. The Kier molecular flexibility index (Phi) is 6.06. The molecule has 0 fully saturated rings. The van der Waals surface area contributed by atoms with Crippen LogP contribution in [-0.2, 0) is 4.79 Å². The van der Waals surface area contributed by atoms with Gasteiger partial charge in [0.25, 0.3) is 5.91 Å². The Balaban J connectivity index is 1.58. The van der Waals surface area contributed by atoms with Gasteiger partial charge in [-0.25, -0.2) is 4.98 Å². The number of hydrogen-bond donors (Lipinski definition) is 2. The highest BCUT2D eigenvalue weighted by Crippen LogP contribution is 2.27. The third-order valence-electron chi connectivity index (χ3n) is 4.10. The number of nitrogens with one attached hydrogen (secondary N) is 2. The molecule has 6 nitrogen and oxygen atoms in total. The van der Waals surface area contributed by atoms with Crippen LogP contribution in [0.4, 0.5) is 11.4 Å². The summed E-state index contributed by atoms with van der Waals surface area (Å²) in [7, 11) is 3.90. The second-order valence-corrected chi connectivity index (χ2v) is 7.47. The van der Waals surface area contributed by atoms with Crippen molar-refractivity contribution in [1.82, 2.24) is 10.3 Å². The Bertz CT molecular complexity index is 966. The van der Waals surface area contributed by atoms with Crippen molar-refractivity contribution in [2.75, 3.05) is 30.9 Å². The summed E-state index contributed by atoms with van der Waals surface area (Å²) in [6, 6.07) is 17.2. The van der Waals surface area contributed by atoms with Crippen molar-refractivity contribution in [3.8, 4) is 10.6 Å². The molecule has 0 aliphatic heterocycles. The number of aromatic nitrogens is 1. The zero-order chi connectivity index (χ0) is 20.1. The third kappa shape index (κ3) is 4.75. The topological polar surface area (TPSA) is 74.3 Å². The molecule has 0 bridgehead atoms. The molecule has 1 aromatic heterocycles. The van der Waals surface area contributed by atoms with Gasteiger partial charge in [0.1, 0.15) is 9.88 Å². The fourth-order valence-electron chi connectivity index (χ4n) is 2.60. The maximum absolute atomic E-state index is 12.5. The van der Waals surface area contributed by atoms with E-state index in [0.717, 1.165) is 16.3 Å². The molecule has 7 heteroatoms. The molecule has 1 heterocycles. The lowest BCUT2D eigenvalue weighted by molar-refractivity contribution is -0.115. The standard InChI is InChI=1S/C21H22N4O2S/c1-14-19(28-21(23-14)15-7-5-4-6-8-15)20(27)22-13-18(26)24-16-9-11-17(12-10-16)25(2)3/h4-12H,13H2,1-3H3,(H,22,27)(H,24,26). The Morgan fingerprint density at radius 2 is 1.71 bits per heavy atom. The first kappa shape index (κ1) is 19.6. The van der Waals surface area contributed by atoms with Crippen molar-refractivity contribution in [2.45, 2.75) is 6.92 Å². The van der Waals surface area contributed by atoms with Gasteiger partial charge in [0.15, 0.2) is 0 Å². The van der Waals surface area contributed by atoms with Crippen molar-refractivity contribution in [2.24, 2.45) is 0 Å². The van der Waals surface area contributed by atoms with E-state index >= 15 is 0 Å². The van der Waals surface area contributed by atoms with Crippen LogP contribution in [-0.4, -0.2) is 37.4 Å². The van der Waals surface area contributed by atoms with E-state index in [0.29, 0.717) is 16.3 Å². The summed E-state index contributed by atoms with van der Waals surface area (Å²) in [5.74, 6) is -0.577. The average molecular weight is 395 g/mol. The SMILES string of the molecule is Cc1nc(-c2ccccc2)sc1C(=O)NCC(=O)Nc1ccc(N(C)C)cc1. The lowest BCUT2D eigenvalue weighted by Gasteiger charge is -2.13. The van der Waals surface area contributed by atoms with Crippen molar-refractivity contribution in [3.63, 3.8) is 0 Å². The van der Waals surface area contributed by atoms with Gasteiger partial charge in [-0.1, -0.05) is 30.3 Å². The van der Waals surface area contributed by atoms with Gasteiger partial charge in [-0.3, -0.25) is 9.59 Å². The summed E-state index contributed by atoms with van der Waals surface area (Å²) in [5.41, 5.74) is 3.35. The Labute approximate surface area is 168 Å². The van der Waals surface area contributed by atoms with Crippen molar-refractivity contribution >= 4 is 34.5 Å². The number of anilines is 2. The molecular weight excluding hydrogens is 372 g/mol. The molecule has 0 saturated carbocycles. The normalized spacial score (nSPS) is 10.4. The molecule has 0 unspecified atom stereocenters. The number of aryl methyl sites for hydroxylation is 1. The predicted octanol–water partition coefficient (Wildman–Crippen LogP) is 3.55. The highest BCUT2D eigenvalue weighted by Gasteiger charge is 2.17. The van der Waals surface area contributed by atoms with Crippen LogP contribution in [0, 0.1) is 6.92 Å². The van der Waals surface area contributed by atoms with Gasteiger partial charge in [-0.2, -0.15) is 0 Å². The molecule has 3 rings (SSSR count). The highest BCUT2D eigenvalue weighted by atomic mass is 32.1. The van der Waals surface area contributed by atoms with E-state index < -0.39 is 0 Å². The first-order chi connectivity index (χ1) is 13.4. The lowest BCUT2D eigenvalue weighted by atomic mass is 10.2. The van der Waals surface area contributed by atoms with Crippen molar-refractivity contribution in [3.05, 3.63) is 65.2 Å². The summed E-state index contributed by atoms with van der Waals surface area (Å²) >= 11 is 1.32. The van der Waals surface area contributed by atoms with Crippen molar-refractivity contribution in [1.29, 1.82) is 0 Å². The zero-order valence-electron chi connectivity index (χ0n) is 16.0. The number of thiazole rings is 1. The number of amides is 2. The minimum absolute atomic E-state index is 0.105. The maximum Gasteiger partial charge on any atom is 0.263 e. The predicted molar refractivity (Wildman–Crippen MR) is 114 cm³/mol. The maximum atomic E-state index is 12.5. The average Bonchev–Trinajstić information content (AvgIpc) is 3.09. The molecule has 0 spiro atoms. The number of carbonyl (C=O) groups excluding carboxylic acids is 2. The highest BCUT2D eigenvalue weighted by molar-refractivity contribution is 7.17. The molecule has 0 atom stereocenters. The second kappa shape index (κ2) is 8.67. The minimum atomic E-state index is -0.296. The third-order valence-corrected chi connectivity index (χ3v) is 5.31. The largest absolute Gasteiger partial charge is 0.378 e. The van der Waals surface area contributed by atoms with Crippen LogP contribution >= 0.6 is 11.3 Å². The Morgan fingerprint density at radius 1 is 1.04 bits per heavy atom. The van der Waals surface area contributed by atoms with Crippen LogP contribution in [0.2, 0.25) is 0 Å². The molecule has 28 heavy (non-hydrogen) atoms. The van der Waals surface area contributed by atoms with E-state index in [9.17, 15) is 9.59 Å². The zero-order valence-corrected chi connectivity index (χ0v) is 16.8.